The van der Waals surface area contributed by atoms with Crippen LogP contribution in [-0.2, 0) is 9.59 Å². The molecule has 1 rings (SSSR count). The largest absolute Gasteiger partial charge is 0.497 e. The maximum Gasteiger partial charge on any atom is 0.309 e. The second-order valence-electron chi connectivity index (χ2n) is 5.43. The van der Waals surface area contributed by atoms with Crippen molar-refractivity contribution in [3.8, 4) is 5.75 Å². The highest BCUT2D eigenvalue weighted by Gasteiger charge is 2.30. The summed E-state index contributed by atoms with van der Waals surface area (Å²) in [4.78, 5) is 22.9. The lowest BCUT2D eigenvalue weighted by atomic mass is 9.89. The summed E-state index contributed by atoms with van der Waals surface area (Å²) >= 11 is 0. The molecule has 2 N–H and O–H groups in total. The number of nitrogens with one attached hydrogen (secondary N) is 1. The molecule has 0 fully saturated rings. The van der Waals surface area contributed by atoms with E-state index >= 15 is 0 Å². The highest BCUT2D eigenvalue weighted by atomic mass is 16.5. The van der Waals surface area contributed by atoms with E-state index in [0.29, 0.717) is 0 Å². The maximum atomic E-state index is 11.9. The van der Waals surface area contributed by atoms with Crippen LogP contribution in [0.1, 0.15) is 38.8 Å². The van der Waals surface area contributed by atoms with Crippen molar-refractivity contribution < 1.29 is 19.4 Å². The molecule has 0 spiro atoms. The third-order valence-corrected chi connectivity index (χ3v) is 3.17. The average molecular weight is 279 g/mol. The molecular weight excluding hydrogens is 258 g/mol. The maximum absolute atomic E-state index is 11.9. The summed E-state index contributed by atoms with van der Waals surface area (Å²) in [5.74, 6) is -0.509. The van der Waals surface area contributed by atoms with E-state index < -0.39 is 11.4 Å². The van der Waals surface area contributed by atoms with Crippen LogP contribution in [0.2, 0.25) is 0 Å². The smallest absolute Gasteiger partial charge is 0.309 e. The summed E-state index contributed by atoms with van der Waals surface area (Å²) in [5.41, 5.74) is -0.128. The molecule has 1 aromatic carbocycles. The van der Waals surface area contributed by atoms with E-state index in [2.05, 4.69) is 5.32 Å². The van der Waals surface area contributed by atoms with E-state index in [1.54, 1.807) is 7.11 Å². The molecule has 1 amide bonds. The third kappa shape index (κ3) is 4.26. The van der Waals surface area contributed by atoms with Gasteiger partial charge in [0.1, 0.15) is 5.75 Å². The van der Waals surface area contributed by atoms with Crippen LogP contribution < -0.4 is 10.1 Å². The lowest BCUT2D eigenvalue weighted by Crippen LogP contribution is -2.34. The first-order valence-corrected chi connectivity index (χ1v) is 6.43. The molecule has 1 unspecified atom stereocenters. The number of ether oxygens (including phenoxy) is 1. The van der Waals surface area contributed by atoms with Crippen molar-refractivity contribution in [3.63, 3.8) is 0 Å². The van der Waals surface area contributed by atoms with Crippen molar-refractivity contribution in [2.24, 2.45) is 5.41 Å². The predicted molar refractivity (Wildman–Crippen MR) is 75.6 cm³/mol. The van der Waals surface area contributed by atoms with Gasteiger partial charge in [-0.1, -0.05) is 12.1 Å². The van der Waals surface area contributed by atoms with Gasteiger partial charge in [0.15, 0.2) is 0 Å². The Labute approximate surface area is 118 Å². The van der Waals surface area contributed by atoms with Crippen molar-refractivity contribution in [1.82, 2.24) is 5.32 Å². The van der Waals surface area contributed by atoms with Gasteiger partial charge in [-0.05, 0) is 38.5 Å². The molecule has 0 saturated carbocycles. The van der Waals surface area contributed by atoms with Crippen LogP contribution in [0, 0.1) is 5.41 Å². The number of carbonyl (C=O) groups is 2. The molecule has 110 valence electrons. The standard InChI is InChI=1S/C15H21NO4/c1-10(11-5-7-12(20-4)8-6-11)16-13(17)9-15(2,3)14(18)19/h5-8,10H,9H2,1-4H3,(H,16,17)(H,18,19). The zero-order chi connectivity index (χ0) is 15.3. The molecule has 1 atom stereocenters. The van der Waals surface area contributed by atoms with E-state index in [1.807, 2.05) is 31.2 Å². The summed E-state index contributed by atoms with van der Waals surface area (Å²) in [7, 11) is 1.59. The number of carboxylic acid groups (broad SMARTS) is 1. The van der Waals surface area contributed by atoms with Gasteiger partial charge in [0.05, 0.1) is 18.6 Å². The summed E-state index contributed by atoms with van der Waals surface area (Å²) in [6, 6.07) is 7.19. The highest BCUT2D eigenvalue weighted by Crippen LogP contribution is 2.22. The lowest BCUT2D eigenvalue weighted by molar-refractivity contribution is -0.149. The first-order valence-electron chi connectivity index (χ1n) is 6.43. The zero-order valence-corrected chi connectivity index (χ0v) is 12.3. The van der Waals surface area contributed by atoms with E-state index in [-0.39, 0.29) is 18.4 Å². The van der Waals surface area contributed by atoms with Gasteiger partial charge < -0.3 is 15.2 Å². The van der Waals surface area contributed by atoms with Crippen LogP contribution in [0.5, 0.6) is 5.75 Å². The number of rotatable bonds is 6. The van der Waals surface area contributed by atoms with Gasteiger partial charge in [-0.2, -0.15) is 0 Å². The van der Waals surface area contributed by atoms with Gasteiger partial charge in [0.25, 0.3) is 0 Å². The van der Waals surface area contributed by atoms with Crippen molar-refractivity contribution in [2.75, 3.05) is 7.11 Å². The molecule has 0 radical (unpaired) electrons. The Morgan fingerprint density at radius 2 is 1.85 bits per heavy atom. The third-order valence-electron chi connectivity index (χ3n) is 3.17. The van der Waals surface area contributed by atoms with Gasteiger partial charge in [0, 0.05) is 6.42 Å². The van der Waals surface area contributed by atoms with Gasteiger partial charge in [0.2, 0.25) is 5.91 Å². The summed E-state index contributed by atoms with van der Waals surface area (Å²) in [6.07, 6.45) is -0.0527. The molecule has 0 aliphatic rings. The molecule has 5 heteroatoms. The minimum atomic E-state index is -1.07. The van der Waals surface area contributed by atoms with E-state index in [1.165, 1.54) is 13.8 Å². The predicted octanol–water partition coefficient (Wildman–Crippen LogP) is 2.37. The molecule has 0 aromatic heterocycles. The molecule has 1 aromatic rings. The van der Waals surface area contributed by atoms with Crippen molar-refractivity contribution in [1.29, 1.82) is 0 Å². The van der Waals surface area contributed by atoms with Gasteiger partial charge in [-0.3, -0.25) is 9.59 Å². The van der Waals surface area contributed by atoms with E-state index in [9.17, 15) is 9.59 Å². The number of carboxylic acids is 1. The van der Waals surface area contributed by atoms with E-state index in [0.717, 1.165) is 11.3 Å². The molecule has 5 nitrogen and oxygen atoms in total. The van der Waals surface area contributed by atoms with Gasteiger partial charge >= 0.3 is 5.97 Å². The monoisotopic (exact) mass is 279 g/mol. The second kappa shape index (κ2) is 6.41. The number of benzene rings is 1. The van der Waals surface area contributed by atoms with Crippen molar-refractivity contribution >= 4 is 11.9 Å². The first-order chi connectivity index (χ1) is 9.26. The Hall–Kier alpha value is -2.04. The average Bonchev–Trinajstić information content (AvgIpc) is 2.37. The Kier molecular flexibility index (Phi) is 5.13. The van der Waals surface area contributed by atoms with Crippen molar-refractivity contribution in [2.45, 2.75) is 33.2 Å². The normalized spacial score (nSPS) is 12.6. The molecule has 0 saturated heterocycles. The van der Waals surface area contributed by atoms with Crippen LogP contribution in [0.25, 0.3) is 0 Å². The Morgan fingerprint density at radius 3 is 2.30 bits per heavy atom. The van der Waals surface area contributed by atoms with Crippen LogP contribution in [0.15, 0.2) is 24.3 Å². The molecule has 0 aliphatic heterocycles. The number of hydrogen-bond donors (Lipinski definition) is 2. The molecule has 20 heavy (non-hydrogen) atoms. The topological polar surface area (TPSA) is 75.6 Å². The fraction of sp³-hybridized carbons (Fsp3) is 0.467. The Morgan fingerprint density at radius 1 is 1.30 bits per heavy atom. The minimum Gasteiger partial charge on any atom is -0.497 e. The number of hydrogen-bond acceptors (Lipinski definition) is 3. The van der Waals surface area contributed by atoms with Crippen LogP contribution in [-0.4, -0.2) is 24.1 Å². The van der Waals surface area contributed by atoms with Gasteiger partial charge in [-0.25, -0.2) is 0 Å². The highest BCUT2D eigenvalue weighted by molar-refractivity contribution is 5.84. The second-order valence-corrected chi connectivity index (χ2v) is 5.43. The molecule has 0 heterocycles. The zero-order valence-electron chi connectivity index (χ0n) is 12.3. The SMILES string of the molecule is COc1ccc(C(C)NC(=O)CC(C)(C)C(=O)O)cc1. The molecule has 0 aliphatic carbocycles. The van der Waals surface area contributed by atoms with Crippen LogP contribution in [0.3, 0.4) is 0 Å². The minimum absolute atomic E-state index is 0.0527. The lowest BCUT2D eigenvalue weighted by Gasteiger charge is -2.21. The number of methoxy groups -OCH3 is 1. The quantitative estimate of drug-likeness (QED) is 0.838. The van der Waals surface area contributed by atoms with Crippen LogP contribution >= 0.6 is 0 Å². The fourth-order valence-corrected chi connectivity index (χ4v) is 1.75. The molecule has 0 bridgehead atoms. The number of carbonyl (C=O) groups excluding carboxylic acids is 1. The fourth-order valence-electron chi connectivity index (χ4n) is 1.75. The Bertz CT molecular complexity index is 479. The van der Waals surface area contributed by atoms with Gasteiger partial charge in [-0.15, -0.1) is 0 Å². The summed E-state index contributed by atoms with van der Waals surface area (Å²) < 4.78 is 5.07. The molecular formula is C15H21NO4. The number of amides is 1. The van der Waals surface area contributed by atoms with E-state index in [4.69, 9.17) is 9.84 Å². The first kappa shape index (κ1) is 16.0. The number of aliphatic carboxylic acids is 1. The summed E-state index contributed by atoms with van der Waals surface area (Å²) in [5, 5.41) is 11.8. The van der Waals surface area contributed by atoms with Crippen molar-refractivity contribution in [3.05, 3.63) is 29.8 Å². The van der Waals surface area contributed by atoms with Crippen LogP contribution in [0.4, 0.5) is 0 Å². The summed E-state index contributed by atoms with van der Waals surface area (Å²) in [6.45, 7) is 4.92. The Balaban J connectivity index is 2.63.